The van der Waals surface area contributed by atoms with Crippen LogP contribution in [0.4, 0.5) is 11.4 Å². The maximum Gasteiger partial charge on any atom is 0.273 e. The first-order valence-electron chi connectivity index (χ1n) is 4.12. The van der Waals surface area contributed by atoms with Gasteiger partial charge in [-0.25, -0.2) is 0 Å². The SMILES string of the molecule is NOc1cc([N+](=O)[O-])ccc1N1CC1. The van der Waals surface area contributed by atoms with E-state index in [1.807, 2.05) is 4.90 Å². The molecule has 6 heteroatoms. The van der Waals surface area contributed by atoms with Gasteiger partial charge in [0, 0.05) is 19.2 Å². The average Bonchev–Trinajstić information content (AvgIpc) is 3.00. The van der Waals surface area contributed by atoms with E-state index < -0.39 is 4.92 Å². The van der Waals surface area contributed by atoms with Crippen molar-refractivity contribution in [3.05, 3.63) is 28.3 Å². The van der Waals surface area contributed by atoms with E-state index in [1.165, 1.54) is 12.1 Å². The average molecular weight is 195 g/mol. The van der Waals surface area contributed by atoms with E-state index in [4.69, 9.17) is 5.90 Å². The fourth-order valence-corrected chi connectivity index (χ4v) is 1.26. The maximum atomic E-state index is 10.5. The molecule has 0 amide bonds. The van der Waals surface area contributed by atoms with Crippen LogP contribution in [0.3, 0.4) is 0 Å². The van der Waals surface area contributed by atoms with E-state index in [-0.39, 0.29) is 5.69 Å². The molecule has 0 radical (unpaired) electrons. The molecule has 0 spiro atoms. The van der Waals surface area contributed by atoms with Crippen LogP contribution in [0.15, 0.2) is 18.2 Å². The number of rotatable bonds is 3. The summed E-state index contributed by atoms with van der Waals surface area (Å²) in [4.78, 5) is 16.6. The first-order chi connectivity index (χ1) is 6.72. The summed E-state index contributed by atoms with van der Waals surface area (Å²) in [5, 5.41) is 10.5. The summed E-state index contributed by atoms with van der Waals surface area (Å²) in [5.74, 6) is 5.38. The van der Waals surface area contributed by atoms with Crippen LogP contribution >= 0.6 is 0 Å². The molecule has 0 aliphatic carbocycles. The third-order valence-corrected chi connectivity index (χ3v) is 2.07. The van der Waals surface area contributed by atoms with Crippen molar-refractivity contribution in [2.75, 3.05) is 18.0 Å². The molecular formula is C8H9N3O3. The van der Waals surface area contributed by atoms with Gasteiger partial charge in [-0.2, -0.15) is 5.90 Å². The molecule has 0 saturated carbocycles. The number of nitro groups is 1. The molecule has 0 bridgehead atoms. The number of nitrogens with zero attached hydrogens (tertiary/aromatic N) is 2. The summed E-state index contributed by atoms with van der Waals surface area (Å²) in [6, 6.07) is 4.41. The van der Waals surface area contributed by atoms with Gasteiger partial charge >= 0.3 is 0 Å². The van der Waals surface area contributed by atoms with Crippen molar-refractivity contribution in [2.45, 2.75) is 0 Å². The molecule has 1 saturated heterocycles. The van der Waals surface area contributed by atoms with Crippen LogP contribution in [0.5, 0.6) is 5.75 Å². The van der Waals surface area contributed by atoms with Crippen molar-refractivity contribution in [2.24, 2.45) is 5.90 Å². The van der Waals surface area contributed by atoms with E-state index in [2.05, 4.69) is 4.84 Å². The second-order valence-electron chi connectivity index (χ2n) is 3.01. The van der Waals surface area contributed by atoms with Gasteiger partial charge in [0.2, 0.25) is 0 Å². The molecule has 1 aromatic carbocycles. The molecule has 1 fully saturated rings. The number of anilines is 1. The minimum absolute atomic E-state index is 0.0175. The summed E-state index contributed by atoms with van der Waals surface area (Å²) >= 11 is 0. The van der Waals surface area contributed by atoms with Crippen molar-refractivity contribution in [1.29, 1.82) is 0 Å². The second kappa shape index (κ2) is 3.15. The van der Waals surface area contributed by atoms with Gasteiger partial charge in [-0.1, -0.05) is 0 Å². The van der Waals surface area contributed by atoms with Crippen molar-refractivity contribution in [3.63, 3.8) is 0 Å². The summed E-state index contributed by atoms with van der Waals surface area (Å²) in [6.07, 6.45) is 0. The van der Waals surface area contributed by atoms with Crippen molar-refractivity contribution in [3.8, 4) is 5.75 Å². The minimum atomic E-state index is -0.478. The summed E-state index contributed by atoms with van der Waals surface area (Å²) < 4.78 is 0. The molecule has 1 heterocycles. The van der Waals surface area contributed by atoms with Crippen LogP contribution < -0.4 is 15.6 Å². The number of hydrogen-bond donors (Lipinski definition) is 1. The molecule has 1 aromatic rings. The van der Waals surface area contributed by atoms with Crippen LogP contribution in [-0.4, -0.2) is 18.0 Å². The van der Waals surface area contributed by atoms with Gasteiger partial charge in [0.25, 0.3) is 5.69 Å². The lowest BCUT2D eigenvalue weighted by molar-refractivity contribution is -0.384. The Labute approximate surface area is 80.0 Å². The van der Waals surface area contributed by atoms with E-state index >= 15 is 0 Å². The van der Waals surface area contributed by atoms with Gasteiger partial charge in [-0.3, -0.25) is 10.1 Å². The molecule has 2 N–H and O–H groups in total. The largest absolute Gasteiger partial charge is 0.409 e. The predicted molar refractivity (Wildman–Crippen MR) is 50.1 cm³/mol. The molecule has 0 aromatic heterocycles. The molecular weight excluding hydrogens is 186 g/mol. The summed E-state index contributed by atoms with van der Waals surface area (Å²) in [5.41, 5.74) is 0.786. The Kier molecular flexibility index (Phi) is 1.97. The fourth-order valence-electron chi connectivity index (χ4n) is 1.26. The van der Waals surface area contributed by atoms with Gasteiger partial charge in [-0.05, 0) is 6.07 Å². The van der Waals surface area contributed by atoms with Crippen molar-refractivity contribution < 1.29 is 9.76 Å². The number of nitro benzene ring substituents is 1. The third-order valence-electron chi connectivity index (χ3n) is 2.07. The monoisotopic (exact) mass is 195 g/mol. The first kappa shape index (κ1) is 8.76. The Morgan fingerprint density at radius 3 is 2.71 bits per heavy atom. The van der Waals surface area contributed by atoms with E-state index in [0.717, 1.165) is 18.8 Å². The maximum absolute atomic E-state index is 10.5. The van der Waals surface area contributed by atoms with Crippen LogP contribution in [0, 0.1) is 10.1 Å². The quantitative estimate of drug-likeness (QED) is 0.435. The second-order valence-corrected chi connectivity index (χ2v) is 3.01. The lowest BCUT2D eigenvalue weighted by Gasteiger charge is -2.07. The molecule has 2 rings (SSSR count). The number of benzene rings is 1. The van der Waals surface area contributed by atoms with Gasteiger partial charge in [0.1, 0.15) is 0 Å². The smallest absolute Gasteiger partial charge is 0.273 e. The van der Waals surface area contributed by atoms with E-state index in [9.17, 15) is 10.1 Å². The summed E-state index contributed by atoms with van der Waals surface area (Å²) in [7, 11) is 0. The standard InChI is InChI=1S/C8H9N3O3/c9-14-8-5-6(11(12)13)1-2-7(8)10-3-4-10/h1-2,5H,3-4,9H2. The number of non-ortho nitro benzene ring substituents is 1. The van der Waals surface area contributed by atoms with Crippen LogP contribution in [0.25, 0.3) is 0 Å². The van der Waals surface area contributed by atoms with Crippen LogP contribution in [-0.2, 0) is 0 Å². The molecule has 0 atom stereocenters. The molecule has 74 valence electrons. The third kappa shape index (κ3) is 1.47. The lowest BCUT2D eigenvalue weighted by Crippen LogP contribution is -2.06. The Morgan fingerprint density at radius 2 is 2.21 bits per heavy atom. The molecule has 0 unspecified atom stereocenters. The predicted octanol–water partition coefficient (Wildman–Crippen LogP) is 0.667. The lowest BCUT2D eigenvalue weighted by atomic mass is 10.2. The highest BCUT2D eigenvalue weighted by atomic mass is 16.6. The number of hydrogen-bond acceptors (Lipinski definition) is 5. The zero-order valence-corrected chi connectivity index (χ0v) is 7.34. The van der Waals surface area contributed by atoms with Crippen molar-refractivity contribution in [1.82, 2.24) is 0 Å². The highest BCUT2D eigenvalue weighted by Crippen LogP contribution is 2.34. The molecule has 14 heavy (non-hydrogen) atoms. The first-order valence-corrected chi connectivity index (χ1v) is 4.12. The zero-order chi connectivity index (χ0) is 10.1. The van der Waals surface area contributed by atoms with Gasteiger partial charge in [-0.15, -0.1) is 0 Å². The minimum Gasteiger partial charge on any atom is -0.409 e. The van der Waals surface area contributed by atoms with Crippen LogP contribution in [0.1, 0.15) is 0 Å². The van der Waals surface area contributed by atoms with Crippen LogP contribution in [0.2, 0.25) is 0 Å². The zero-order valence-electron chi connectivity index (χ0n) is 7.34. The Morgan fingerprint density at radius 1 is 1.50 bits per heavy atom. The normalized spacial score (nSPS) is 13.9. The highest BCUT2D eigenvalue weighted by Gasteiger charge is 2.23. The topological polar surface area (TPSA) is 81.4 Å². The Hall–Kier alpha value is -1.82. The van der Waals surface area contributed by atoms with E-state index in [1.54, 1.807) is 6.07 Å². The summed E-state index contributed by atoms with van der Waals surface area (Å²) in [6.45, 7) is 1.88. The van der Waals surface area contributed by atoms with Gasteiger partial charge in [0.05, 0.1) is 16.7 Å². The van der Waals surface area contributed by atoms with Crippen molar-refractivity contribution >= 4 is 11.4 Å². The molecule has 6 nitrogen and oxygen atoms in total. The Bertz CT molecular complexity index is 376. The highest BCUT2D eigenvalue weighted by molar-refractivity contribution is 5.65. The molecule has 1 aliphatic heterocycles. The molecule has 1 aliphatic rings. The Balaban J connectivity index is 2.38. The van der Waals surface area contributed by atoms with Gasteiger partial charge in [0.15, 0.2) is 5.75 Å². The van der Waals surface area contributed by atoms with Gasteiger partial charge < -0.3 is 9.74 Å². The van der Waals surface area contributed by atoms with E-state index in [0.29, 0.717) is 5.75 Å². The number of nitrogens with two attached hydrogens (primary N) is 1. The fraction of sp³-hybridized carbons (Fsp3) is 0.250.